The Labute approximate surface area is 112 Å². The first kappa shape index (κ1) is 15.5. The van der Waals surface area contributed by atoms with Crippen molar-refractivity contribution in [2.45, 2.75) is 57.4 Å². The molecule has 1 aliphatic carbocycles. The number of carbonyl (C=O) groups is 3. The van der Waals surface area contributed by atoms with Crippen LogP contribution < -0.4 is 5.32 Å². The highest BCUT2D eigenvalue weighted by Crippen LogP contribution is 2.28. The molecule has 6 nitrogen and oxygen atoms in total. The molecular weight excluding hydrogens is 250 g/mol. The van der Waals surface area contributed by atoms with E-state index < -0.39 is 18.0 Å². The molecule has 19 heavy (non-hydrogen) atoms. The van der Waals surface area contributed by atoms with E-state index in [1.54, 1.807) is 0 Å². The average molecular weight is 271 g/mol. The molecule has 3 N–H and O–H groups in total. The molecule has 0 aliphatic heterocycles. The first-order chi connectivity index (χ1) is 8.99. The highest BCUT2D eigenvalue weighted by atomic mass is 16.4. The van der Waals surface area contributed by atoms with Crippen molar-refractivity contribution in [2.24, 2.45) is 5.92 Å². The van der Waals surface area contributed by atoms with Gasteiger partial charge in [0.1, 0.15) is 6.04 Å². The normalized spacial score (nSPS) is 17.1. The smallest absolute Gasteiger partial charge is 0.326 e. The van der Waals surface area contributed by atoms with Gasteiger partial charge < -0.3 is 15.5 Å². The van der Waals surface area contributed by atoms with Crippen LogP contribution >= 0.6 is 0 Å². The van der Waals surface area contributed by atoms with Gasteiger partial charge in [0, 0.05) is 12.8 Å². The zero-order valence-electron chi connectivity index (χ0n) is 10.9. The van der Waals surface area contributed by atoms with Crippen molar-refractivity contribution in [2.75, 3.05) is 0 Å². The molecule has 1 fully saturated rings. The van der Waals surface area contributed by atoms with Crippen molar-refractivity contribution >= 4 is 17.8 Å². The number of carboxylic acids is 2. The lowest BCUT2D eigenvalue weighted by Gasteiger charge is -2.14. The first-order valence-corrected chi connectivity index (χ1v) is 6.73. The molecule has 0 aromatic rings. The maximum Gasteiger partial charge on any atom is 0.326 e. The van der Waals surface area contributed by atoms with Gasteiger partial charge in [-0.3, -0.25) is 9.59 Å². The van der Waals surface area contributed by atoms with Crippen LogP contribution in [0.15, 0.2) is 0 Å². The van der Waals surface area contributed by atoms with Crippen molar-refractivity contribution in [1.29, 1.82) is 0 Å². The number of rotatable bonds is 8. The lowest BCUT2D eigenvalue weighted by Crippen LogP contribution is -2.41. The van der Waals surface area contributed by atoms with Gasteiger partial charge >= 0.3 is 11.9 Å². The Hall–Kier alpha value is -1.59. The van der Waals surface area contributed by atoms with Gasteiger partial charge in [0.15, 0.2) is 0 Å². The standard InChI is InChI=1S/C13H21NO5/c15-11(7-5-9-3-1-2-4-9)14-10(13(18)19)6-8-12(16)17/h9-10H,1-8H2,(H,14,15)(H,16,17)(H,18,19)/t10-/m0/s1. The Morgan fingerprint density at radius 2 is 1.74 bits per heavy atom. The van der Waals surface area contributed by atoms with E-state index in [2.05, 4.69) is 5.32 Å². The fourth-order valence-electron chi connectivity index (χ4n) is 2.43. The molecule has 0 saturated heterocycles. The molecule has 6 heteroatoms. The van der Waals surface area contributed by atoms with Crippen molar-refractivity contribution in [3.63, 3.8) is 0 Å². The maximum absolute atomic E-state index is 11.6. The fraction of sp³-hybridized carbons (Fsp3) is 0.769. The van der Waals surface area contributed by atoms with Crippen LogP contribution in [0.1, 0.15) is 51.4 Å². The van der Waals surface area contributed by atoms with Crippen LogP contribution in [0.5, 0.6) is 0 Å². The van der Waals surface area contributed by atoms with E-state index in [4.69, 9.17) is 10.2 Å². The summed E-state index contributed by atoms with van der Waals surface area (Å²) in [4.78, 5) is 32.9. The van der Waals surface area contributed by atoms with Crippen LogP contribution in [0.25, 0.3) is 0 Å². The van der Waals surface area contributed by atoms with Crippen molar-refractivity contribution < 1.29 is 24.6 Å². The molecule has 0 unspecified atom stereocenters. The van der Waals surface area contributed by atoms with E-state index in [0.29, 0.717) is 12.3 Å². The molecule has 1 saturated carbocycles. The van der Waals surface area contributed by atoms with Gasteiger partial charge in [-0.2, -0.15) is 0 Å². The molecular formula is C13H21NO5. The average Bonchev–Trinajstić information content (AvgIpc) is 2.84. The number of hydrogen-bond acceptors (Lipinski definition) is 3. The minimum atomic E-state index is -1.18. The molecule has 1 atom stereocenters. The number of amides is 1. The Bertz CT molecular complexity index is 336. The third kappa shape index (κ3) is 6.22. The monoisotopic (exact) mass is 271 g/mol. The molecule has 0 bridgehead atoms. The second kappa shape index (κ2) is 7.76. The summed E-state index contributed by atoms with van der Waals surface area (Å²) >= 11 is 0. The summed E-state index contributed by atoms with van der Waals surface area (Å²) in [6, 6.07) is -1.10. The molecule has 1 amide bonds. The SMILES string of the molecule is O=C(O)CC[C@H](NC(=O)CCC1CCCC1)C(=O)O. The van der Waals surface area contributed by atoms with Gasteiger partial charge in [0.05, 0.1) is 0 Å². The minimum absolute atomic E-state index is 0.0835. The third-order valence-corrected chi connectivity index (χ3v) is 3.53. The van der Waals surface area contributed by atoms with Crippen LogP contribution in [-0.2, 0) is 14.4 Å². The van der Waals surface area contributed by atoms with Gasteiger partial charge in [-0.05, 0) is 18.8 Å². The summed E-state index contributed by atoms with van der Waals surface area (Å²) in [7, 11) is 0. The quantitative estimate of drug-likeness (QED) is 0.619. The molecule has 108 valence electrons. The number of nitrogens with one attached hydrogen (secondary N) is 1. The van der Waals surface area contributed by atoms with Crippen molar-refractivity contribution in [3.05, 3.63) is 0 Å². The van der Waals surface area contributed by atoms with Crippen LogP contribution in [0.4, 0.5) is 0 Å². The summed E-state index contributed by atoms with van der Waals surface area (Å²) in [5.74, 6) is -1.97. The number of carboxylic acid groups (broad SMARTS) is 2. The third-order valence-electron chi connectivity index (χ3n) is 3.53. The zero-order valence-corrected chi connectivity index (χ0v) is 10.9. The summed E-state index contributed by atoms with van der Waals surface area (Å²) in [5, 5.41) is 19.8. The summed E-state index contributed by atoms with van der Waals surface area (Å²) < 4.78 is 0. The molecule has 0 radical (unpaired) electrons. The summed E-state index contributed by atoms with van der Waals surface area (Å²) in [6.07, 6.45) is 5.48. The molecule has 1 aliphatic rings. The minimum Gasteiger partial charge on any atom is -0.481 e. The fourth-order valence-corrected chi connectivity index (χ4v) is 2.43. The Kier molecular flexibility index (Phi) is 6.32. The lowest BCUT2D eigenvalue weighted by atomic mass is 10.0. The van der Waals surface area contributed by atoms with E-state index >= 15 is 0 Å². The van der Waals surface area contributed by atoms with Gasteiger partial charge in [-0.1, -0.05) is 25.7 Å². The molecule has 0 aromatic heterocycles. The lowest BCUT2D eigenvalue weighted by molar-refractivity contribution is -0.143. The predicted molar refractivity (Wildman–Crippen MR) is 67.6 cm³/mol. The number of aliphatic carboxylic acids is 2. The van der Waals surface area contributed by atoms with Crippen LogP contribution in [0.2, 0.25) is 0 Å². The number of carbonyl (C=O) groups excluding carboxylic acids is 1. The molecule has 0 aromatic carbocycles. The van der Waals surface area contributed by atoms with Crippen molar-refractivity contribution in [1.82, 2.24) is 5.32 Å². The predicted octanol–water partition coefficient (Wildman–Crippen LogP) is 1.39. The van der Waals surface area contributed by atoms with Crippen molar-refractivity contribution in [3.8, 4) is 0 Å². The first-order valence-electron chi connectivity index (χ1n) is 6.73. The Morgan fingerprint density at radius 1 is 1.11 bits per heavy atom. The van der Waals surface area contributed by atoms with Gasteiger partial charge in [-0.25, -0.2) is 4.79 Å². The Morgan fingerprint density at radius 3 is 2.26 bits per heavy atom. The van der Waals surface area contributed by atoms with Gasteiger partial charge in [0.25, 0.3) is 0 Å². The zero-order chi connectivity index (χ0) is 14.3. The Balaban J connectivity index is 2.29. The summed E-state index contributed by atoms with van der Waals surface area (Å²) in [5.41, 5.74) is 0. The van der Waals surface area contributed by atoms with Crippen LogP contribution in [-0.4, -0.2) is 34.1 Å². The molecule has 0 spiro atoms. The highest BCUT2D eigenvalue weighted by molar-refractivity contribution is 5.83. The largest absolute Gasteiger partial charge is 0.481 e. The van der Waals surface area contributed by atoms with E-state index in [9.17, 15) is 14.4 Å². The molecule has 0 heterocycles. The van der Waals surface area contributed by atoms with Crippen LogP contribution in [0.3, 0.4) is 0 Å². The second-order valence-electron chi connectivity index (χ2n) is 5.08. The van der Waals surface area contributed by atoms with Crippen LogP contribution in [0, 0.1) is 5.92 Å². The van der Waals surface area contributed by atoms with Gasteiger partial charge in [0.2, 0.25) is 5.91 Å². The number of hydrogen-bond donors (Lipinski definition) is 3. The second-order valence-corrected chi connectivity index (χ2v) is 5.08. The van der Waals surface area contributed by atoms with E-state index in [0.717, 1.165) is 19.3 Å². The van der Waals surface area contributed by atoms with E-state index in [-0.39, 0.29) is 18.7 Å². The topological polar surface area (TPSA) is 104 Å². The summed E-state index contributed by atoms with van der Waals surface area (Å²) in [6.45, 7) is 0. The van der Waals surface area contributed by atoms with E-state index in [1.165, 1.54) is 12.8 Å². The van der Waals surface area contributed by atoms with E-state index in [1.807, 2.05) is 0 Å². The maximum atomic E-state index is 11.6. The molecule has 1 rings (SSSR count). The highest BCUT2D eigenvalue weighted by Gasteiger charge is 2.22. The van der Waals surface area contributed by atoms with Gasteiger partial charge in [-0.15, -0.1) is 0 Å².